The van der Waals surface area contributed by atoms with Crippen molar-refractivity contribution in [2.75, 3.05) is 13.1 Å². The largest absolute Gasteiger partial charge is 0.492 e. The van der Waals surface area contributed by atoms with Crippen LogP contribution in [0.3, 0.4) is 0 Å². The van der Waals surface area contributed by atoms with Crippen molar-refractivity contribution in [3.05, 3.63) is 46.6 Å². The van der Waals surface area contributed by atoms with Crippen LogP contribution in [0.1, 0.15) is 41.6 Å². The predicted octanol–water partition coefficient (Wildman–Crippen LogP) is 3.38. The molecule has 1 saturated heterocycles. The van der Waals surface area contributed by atoms with Gasteiger partial charge in [0.1, 0.15) is 5.82 Å². The SMILES string of the molecule is Cc1nc2sc([C@@H](c3ccccc3)N3CCCCC3)c(O)n2n1. The molecule has 1 aromatic carbocycles. The summed E-state index contributed by atoms with van der Waals surface area (Å²) in [4.78, 5) is 8.57. The molecule has 1 fully saturated rings. The first-order valence-corrected chi connectivity index (χ1v) is 8.90. The van der Waals surface area contributed by atoms with Crippen molar-refractivity contribution in [2.45, 2.75) is 32.2 Å². The predicted molar refractivity (Wildman–Crippen MR) is 91.0 cm³/mol. The Kier molecular flexibility index (Phi) is 3.79. The van der Waals surface area contributed by atoms with Gasteiger partial charge in [-0.3, -0.25) is 4.90 Å². The second kappa shape index (κ2) is 5.94. The Morgan fingerprint density at radius 2 is 1.87 bits per heavy atom. The molecular weight excluding hydrogens is 308 g/mol. The zero-order valence-electron chi connectivity index (χ0n) is 13.1. The Morgan fingerprint density at radius 1 is 1.13 bits per heavy atom. The van der Waals surface area contributed by atoms with E-state index in [1.807, 2.05) is 13.0 Å². The number of hydrogen-bond acceptors (Lipinski definition) is 5. The van der Waals surface area contributed by atoms with Crippen LogP contribution in [-0.2, 0) is 0 Å². The van der Waals surface area contributed by atoms with E-state index < -0.39 is 0 Å². The zero-order chi connectivity index (χ0) is 15.8. The van der Waals surface area contributed by atoms with Gasteiger partial charge in [0.2, 0.25) is 10.8 Å². The monoisotopic (exact) mass is 328 g/mol. The van der Waals surface area contributed by atoms with E-state index in [1.165, 1.54) is 36.2 Å². The number of aryl methyl sites for hydroxylation is 1. The Bertz CT molecular complexity index is 805. The minimum atomic E-state index is 0.0744. The first-order chi connectivity index (χ1) is 11.2. The fourth-order valence-corrected chi connectivity index (χ4v) is 4.53. The number of piperidine rings is 1. The number of benzene rings is 1. The number of thiazole rings is 1. The zero-order valence-corrected chi connectivity index (χ0v) is 14.0. The average molecular weight is 328 g/mol. The smallest absolute Gasteiger partial charge is 0.230 e. The molecule has 2 aromatic heterocycles. The van der Waals surface area contributed by atoms with E-state index in [4.69, 9.17) is 0 Å². The fourth-order valence-electron chi connectivity index (χ4n) is 3.37. The van der Waals surface area contributed by atoms with Gasteiger partial charge < -0.3 is 5.11 Å². The third kappa shape index (κ3) is 2.62. The molecule has 120 valence electrons. The van der Waals surface area contributed by atoms with Crippen LogP contribution >= 0.6 is 11.3 Å². The van der Waals surface area contributed by atoms with Crippen LogP contribution in [-0.4, -0.2) is 37.7 Å². The maximum absolute atomic E-state index is 10.7. The molecule has 3 heterocycles. The molecule has 0 bridgehead atoms. The Balaban J connectivity index is 1.82. The first-order valence-electron chi connectivity index (χ1n) is 8.08. The quantitative estimate of drug-likeness (QED) is 0.801. The number of fused-ring (bicyclic) bond motifs is 1. The molecule has 0 amide bonds. The molecule has 0 spiro atoms. The summed E-state index contributed by atoms with van der Waals surface area (Å²) in [6.07, 6.45) is 3.71. The lowest BCUT2D eigenvalue weighted by molar-refractivity contribution is 0.186. The Hall–Kier alpha value is -1.92. The van der Waals surface area contributed by atoms with Gasteiger partial charge in [0, 0.05) is 0 Å². The molecule has 4 rings (SSSR count). The van der Waals surface area contributed by atoms with Gasteiger partial charge in [0.05, 0.1) is 10.9 Å². The van der Waals surface area contributed by atoms with Crippen LogP contribution in [0.5, 0.6) is 5.88 Å². The highest BCUT2D eigenvalue weighted by molar-refractivity contribution is 7.17. The maximum Gasteiger partial charge on any atom is 0.230 e. The van der Waals surface area contributed by atoms with Crippen LogP contribution in [0.4, 0.5) is 0 Å². The summed E-state index contributed by atoms with van der Waals surface area (Å²) in [6.45, 7) is 3.97. The molecule has 3 aromatic rings. The van der Waals surface area contributed by atoms with Crippen molar-refractivity contribution in [1.29, 1.82) is 0 Å². The molecular formula is C17H20N4OS. The average Bonchev–Trinajstić information content (AvgIpc) is 3.08. The minimum absolute atomic E-state index is 0.0744. The van der Waals surface area contributed by atoms with E-state index in [0.29, 0.717) is 5.82 Å². The van der Waals surface area contributed by atoms with Crippen LogP contribution < -0.4 is 0 Å². The summed E-state index contributed by atoms with van der Waals surface area (Å²) >= 11 is 1.54. The standard InChI is InChI=1S/C17H20N4OS/c1-12-18-17-21(19-12)16(22)15(23-17)14(13-8-4-2-5-9-13)20-10-6-3-7-11-20/h2,4-5,8-9,14,22H,3,6-7,10-11H2,1H3/t14-/m1/s1. The topological polar surface area (TPSA) is 53.7 Å². The molecule has 1 N–H and O–H groups in total. The molecule has 23 heavy (non-hydrogen) atoms. The molecule has 5 nitrogen and oxygen atoms in total. The van der Waals surface area contributed by atoms with Gasteiger partial charge in [-0.05, 0) is 38.4 Å². The minimum Gasteiger partial charge on any atom is -0.492 e. The normalized spacial score (nSPS) is 17.6. The van der Waals surface area contributed by atoms with E-state index in [9.17, 15) is 5.11 Å². The molecule has 6 heteroatoms. The molecule has 0 radical (unpaired) electrons. The second-order valence-corrected chi connectivity index (χ2v) is 7.06. The Morgan fingerprint density at radius 3 is 2.57 bits per heavy atom. The van der Waals surface area contributed by atoms with Gasteiger partial charge in [-0.25, -0.2) is 4.98 Å². The van der Waals surface area contributed by atoms with Gasteiger partial charge in [-0.2, -0.15) is 4.52 Å². The number of likely N-dealkylation sites (tertiary alicyclic amines) is 1. The van der Waals surface area contributed by atoms with Crippen molar-refractivity contribution in [3.8, 4) is 5.88 Å². The second-order valence-electron chi connectivity index (χ2n) is 6.05. The van der Waals surface area contributed by atoms with Gasteiger partial charge in [-0.15, -0.1) is 5.10 Å². The van der Waals surface area contributed by atoms with E-state index >= 15 is 0 Å². The van der Waals surface area contributed by atoms with Crippen LogP contribution in [0.2, 0.25) is 0 Å². The van der Waals surface area contributed by atoms with E-state index in [1.54, 1.807) is 4.52 Å². The van der Waals surface area contributed by atoms with E-state index in [2.05, 4.69) is 39.2 Å². The lowest BCUT2D eigenvalue weighted by atomic mass is 10.0. The summed E-state index contributed by atoms with van der Waals surface area (Å²) < 4.78 is 1.56. The third-order valence-corrected chi connectivity index (χ3v) is 5.50. The van der Waals surface area contributed by atoms with Crippen LogP contribution in [0.25, 0.3) is 4.96 Å². The molecule has 1 atom stereocenters. The van der Waals surface area contributed by atoms with Gasteiger partial charge in [-0.1, -0.05) is 48.1 Å². The summed E-state index contributed by atoms with van der Waals surface area (Å²) in [5.74, 6) is 0.914. The lowest BCUT2D eigenvalue weighted by Crippen LogP contribution is -2.34. The van der Waals surface area contributed by atoms with Crippen molar-refractivity contribution in [3.63, 3.8) is 0 Å². The fraction of sp³-hybridized carbons (Fsp3) is 0.412. The van der Waals surface area contributed by atoms with Crippen LogP contribution in [0, 0.1) is 6.92 Å². The summed E-state index contributed by atoms with van der Waals surface area (Å²) in [5, 5.41) is 15.0. The highest BCUT2D eigenvalue weighted by atomic mass is 32.1. The maximum atomic E-state index is 10.7. The van der Waals surface area contributed by atoms with Gasteiger partial charge >= 0.3 is 0 Å². The molecule has 1 aliphatic rings. The number of hydrogen-bond donors (Lipinski definition) is 1. The van der Waals surface area contributed by atoms with E-state index in [0.717, 1.165) is 22.9 Å². The van der Waals surface area contributed by atoms with Crippen molar-refractivity contribution < 1.29 is 5.11 Å². The summed E-state index contributed by atoms with van der Waals surface area (Å²) in [5.41, 5.74) is 1.21. The van der Waals surface area contributed by atoms with Crippen LogP contribution in [0.15, 0.2) is 30.3 Å². The molecule has 0 saturated carbocycles. The van der Waals surface area contributed by atoms with Crippen molar-refractivity contribution >= 4 is 16.3 Å². The molecule has 1 aliphatic heterocycles. The number of aromatic nitrogens is 3. The lowest BCUT2D eigenvalue weighted by Gasteiger charge is -2.34. The summed E-state index contributed by atoms with van der Waals surface area (Å²) in [6, 6.07) is 10.5. The van der Waals surface area contributed by atoms with Gasteiger partial charge in [0.15, 0.2) is 0 Å². The Labute approximate surface area is 139 Å². The highest BCUT2D eigenvalue weighted by Gasteiger charge is 2.30. The first kappa shape index (κ1) is 14.7. The number of nitrogens with zero attached hydrogens (tertiary/aromatic N) is 4. The van der Waals surface area contributed by atoms with Gasteiger partial charge in [0.25, 0.3) is 0 Å². The molecule has 0 aliphatic carbocycles. The number of aromatic hydroxyl groups is 1. The van der Waals surface area contributed by atoms with Crippen molar-refractivity contribution in [2.24, 2.45) is 0 Å². The highest BCUT2D eigenvalue weighted by Crippen LogP contribution is 2.40. The number of rotatable bonds is 3. The summed E-state index contributed by atoms with van der Waals surface area (Å²) in [7, 11) is 0. The third-order valence-electron chi connectivity index (χ3n) is 4.43. The molecule has 0 unspecified atom stereocenters. The van der Waals surface area contributed by atoms with E-state index in [-0.39, 0.29) is 11.9 Å². The van der Waals surface area contributed by atoms with Crippen molar-refractivity contribution in [1.82, 2.24) is 19.5 Å².